The Labute approximate surface area is 224 Å². The van der Waals surface area contributed by atoms with Crippen LogP contribution in [-0.4, -0.2) is 36.1 Å². The first kappa shape index (κ1) is 29.4. The van der Waals surface area contributed by atoms with E-state index in [4.69, 9.17) is 4.98 Å². The van der Waals surface area contributed by atoms with Crippen LogP contribution in [0.15, 0.2) is 79.0 Å². The average molecular weight is 495 g/mol. The van der Waals surface area contributed by atoms with Crippen LogP contribution in [0.1, 0.15) is 80.0 Å². The lowest BCUT2D eigenvalue weighted by Gasteiger charge is -2.26. The molecule has 1 aromatic heterocycles. The van der Waals surface area contributed by atoms with Gasteiger partial charge >= 0.3 is 0 Å². The molecule has 0 atom stereocenters. The number of piperidine rings is 1. The number of aromatic nitrogens is 1. The number of nitrogens with zero attached hydrogens (tertiary/aromatic N) is 2. The Kier molecular flexibility index (Phi) is 14.3. The van der Waals surface area contributed by atoms with Gasteiger partial charge in [-0.25, -0.2) is 0 Å². The fraction of sp³-hybridized carbons (Fsp3) is 0.469. The number of pyridine rings is 1. The van der Waals surface area contributed by atoms with Gasteiger partial charge in [0.15, 0.2) is 0 Å². The van der Waals surface area contributed by atoms with Crippen LogP contribution in [-0.2, 0) is 12.8 Å². The summed E-state index contributed by atoms with van der Waals surface area (Å²) in [6.07, 6.45) is 20.6. The molecule has 0 spiro atoms. The van der Waals surface area contributed by atoms with Gasteiger partial charge in [0.25, 0.3) is 0 Å². The monoisotopic (exact) mass is 494 g/mol. The van der Waals surface area contributed by atoms with Crippen molar-refractivity contribution in [1.82, 2.24) is 9.88 Å². The largest absolute Gasteiger partial charge is 0.405 e. The first-order valence-electron chi connectivity index (χ1n) is 13.4. The van der Waals surface area contributed by atoms with Gasteiger partial charge in [-0.1, -0.05) is 93.8 Å². The second-order valence-electron chi connectivity index (χ2n) is 9.58. The Morgan fingerprint density at radius 2 is 1.64 bits per heavy atom. The van der Waals surface area contributed by atoms with Crippen LogP contribution in [0.25, 0.3) is 0 Å². The van der Waals surface area contributed by atoms with Crippen molar-refractivity contribution < 1.29 is 4.28 Å². The lowest BCUT2D eigenvalue weighted by Crippen LogP contribution is -2.33. The van der Waals surface area contributed by atoms with Crippen LogP contribution in [0.2, 0.25) is 0 Å². The fourth-order valence-electron chi connectivity index (χ4n) is 4.28. The minimum Gasteiger partial charge on any atom is -0.405 e. The lowest BCUT2D eigenvalue weighted by molar-refractivity contribution is 0.237. The molecule has 1 saturated heterocycles. The molecule has 4 heteroatoms. The first-order valence-corrected chi connectivity index (χ1v) is 13.4. The number of rotatable bonds is 9. The molecule has 2 aliphatic carbocycles. The molecule has 0 bridgehead atoms. The summed E-state index contributed by atoms with van der Waals surface area (Å²) in [7, 11) is 0. The molecule has 202 valence electrons. The molecule has 2 heterocycles. The molecule has 4 nitrogen and oxygen atoms in total. The van der Waals surface area contributed by atoms with E-state index in [0.29, 0.717) is 0 Å². The zero-order chi connectivity index (χ0) is 24.6. The van der Waals surface area contributed by atoms with E-state index in [1.54, 1.807) is 0 Å². The lowest BCUT2D eigenvalue weighted by atomic mass is 10.1. The number of aryl methyl sites for hydroxylation is 1. The molecule has 3 N–H and O–H groups in total. The van der Waals surface area contributed by atoms with Crippen molar-refractivity contribution >= 4 is 5.69 Å². The van der Waals surface area contributed by atoms with Crippen molar-refractivity contribution in [2.24, 2.45) is 5.73 Å². The van der Waals surface area contributed by atoms with Gasteiger partial charge in [-0.2, -0.15) is 0 Å². The number of nitrogens with one attached hydrogen (secondary N) is 1. The summed E-state index contributed by atoms with van der Waals surface area (Å²) in [5.41, 5.74) is 11.0. The van der Waals surface area contributed by atoms with Crippen LogP contribution in [0.5, 0.6) is 0 Å². The van der Waals surface area contributed by atoms with Crippen molar-refractivity contribution in [3.05, 3.63) is 96.0 Å². The van der Waals surface area contributed by atoms with Crippen LogP contribution in [0.4, 0.5) is 5.69 Å². The average Bonchev–Trinajstić information content (AvgIpc) is 3.68. The van der Waals surface area contributed by atoms with Crippen LogP contribution in [0, 0.1) is 0 Å². The zero-order valence-electron chi connectivity index (χ0n) is 21.4. The molecule has 0 unspecified atom stereocenters. The van der Waals surface area contributed by atoms with E-state index in [9.17, 15) is 0 Å². The van der Waals surface area contributed by atoms with Gasteiger partial charge in [-0.15, -0.1) is 0 Å². The van der Waals surface area contributed by atoms with Crippen molar-refractivity contribution in [1.29, 1.82) is 0 Å². The Bertz CT molecular complexity index is 937. The zero-order valence-corrected chi connectivity index (χ0v) is 21.4. The highest BCUT2D eigenvalue weighted by Crippen LogP contribution is 2.20. The second-order valence-corrected chi connectivity index (χ2v) is 9.58. The van der Waals surface area contributed by atoms with Gasteiger partial charge in [0.2, 0.25) is 0 Å². The number of allylic oxidation sites excluding steroid dienone is 4. The first-order chi connectivity index (χ1) is 17.3. The Hall–Kier alpha value is -2.85. The molecule has 1 aliphatic heterocycles. The number of hydrogen-bond donors (Lipinski definition) is 2. The number of benzene rings is 1. The SMILES string of the molecule is C.C1=CCC(CCc2cc(NCCN3CCCCC3)cc(Cc3ccccc3)n2)=C1.C1CC1.C=CN.[HH].[HH].[HH]. The van der Waals surface area contributed by atoms with Crippen LogP contribution >= 0.6 is 0 Å². The summed E-state index contributed by atoms with van der Waals surface area (Å²) in [5, 5.41) is 3.68. The summed E-state index contributed by atoms with van der Waals surface area (Å²) < 4.78 is 0. The number of likely N-dealkylation sites (tertiary alicyclic amines) is 1. The topological polar surface area (TPSA) is 54.2 Å². The summed E-state index contributed by atoms with van der Waals surface area (Å²) in [5.74, 6) is 0. The number of anilines is 1. The highest BCUT2D eigenvalue weighted by atomic mass is 15.1. The molecule has 1 aromatic carbocycles. The predicted octanol–water partition coefficient (Wildman–Crippen LogP) is 8.02. The van der Waals surface area contributed by atoms with E-state index < -0.39 is 0 Å². The molecule has 5 rings (SSSR count). The number of hydrogen-bond acceptors (Lipinski definition) is 4. The van der Waals surface area contributed by atoms with E-state index in [1.165, 1.54) is 80.3 Å². The van der Waals surface area contributed by atoms with E-state index in [-0.39, 0.29) is 11.7 Å². The molecule has 36 heavy (non-hydrogen) atoms. The maximum atomic E-state index is 4.99. The van der Waals surface area contributed by atoms with Gasteiger partial charge in [-0.3, -0.25) is 4.98 Å². The standard InChI is InChI=1S/C26H33N3.C3H6.C2H5N.CH4.3H2/c1-3-11-23(12-4-1)19-26-21-25(27-15-18-29-16-7-2-8-17-29)20-24(28-26)14-13-22-9-5-6-10-22;1-2-3-1;1-2-3;;;;/h1,3-6,9,11-12,20-21H,2,7-8,10,13-19H2,(H,27,28);1-3H2;2H,1,3H2;1H4;3*1H. The molecular formula is C32H54N4. The Balaban J connectivity index is 0. The highest BCUT2D eigenvalue weighted by molar-refractivity contribution is 5.46. The minimum atomic E-state index is 0. The van der Waals surface area contributed by atoms with Crippen LogP contribution < -0.4 is 11.1 Å². The summed E-state index contributed by atoms with van der Waals surface area (Å²) >= 11 is 0. The number of nitrogens with two attached hydrogens (primary N) is 1. The summed E-state index contributed by atoms with van der Waals surface area (Å²) in [4.78, 5) is 7.58. The van der Waals surface area contributed by atoms with Gasteiger partial charge in [0, 0.05) is 40.9 Å². The van der Waals surface area contributed by atoms with E-state index in [0.717, 1.165) is 44.5 Å². The van der Waals surface area contributed by atoms with E-state index >= 15 is 0 Å². The molecule has 1 saturated carbocycles. The van der Waals surface area contributed by atoms with Crippen molar-refractivity contribution in [2.45, 2.75) is 71.6 Å². The molecule has 3 aliphatic rings. The van der Waals surface area contributed by atoms with Gasteiger partial charge < -0.3 is 16.0 Å². The Morgan fingerprint density at radius 1 is 0.972 bits per heavy atom. The van der Waals surface area contributed by atoms with Gasteiger partial charge in [0.1, 0.15) is 0 Å². The van der Waals surface area contributed by atoms with Crippen molar-refractivity contribution in [3.63, 3.8) is 0 Å². The van der Waals surface area contributed by atoms with Gasteiger partial charge in [0.05, 0.1) is 0 Å². The van der Waals surface area contributed by atoms with Crippen molar-refractivity contribution in [2.75, 3.05) is 31.5 Å². The highest BCUT2D eigenvalue weighted by Gasteiger charge is 2.10. The molecule has 0 radical (unpaired) electrons. The van der Waals surface area contributed by atoms with E-state index in [2.05, 4.69) is 83.2 Å². The normalized spacial score (nSPS) is 15.8. The second kappa shape index (κ2) is 17.6. The summed E-state index contributed by atoms with van der Waals surface area (Å²) in [6.45, 7) is 7.78. The minimum absolute atomic E-state index is 0. The summed E-state index contributed by atoms with van der Waals surface area (Å²) in [6, 6.07) is 15.2. The third kappa shape index (κ3) is 12.2. The maximum absolute atomic E-state index is 4.99. The fourth-order valence-corrected chi connectivity index (χ4v) is 4.28. The van der Waals surface area contributed by atoms with Crippen molar-refractivity contribution in [3.8, 4) is 0 Å². The molecule has 2 fully saturated rings. The molecule has 0 amide bonds. The van der Waals surface area contributed by atoms with E-state index in [1.807, 2.05) is 0 Å². The molecular weight excluding hydrogens is 440 g/mol. The Morgan fingerprint density at radius 3 is 2.28 bits per heavy atom. The quantitative estimate of drug-likeness (QED) is 0.370. The van der Waals surface area contributed by atoms with Crippen LogP contribution in [0.3, 0.4) is 0 Å². The third-order valence-electron chi connectivity index (χ3n) is 6.27. The maximum Gasteiger partial charge on any atom is 0.0471 e. The third-order valence-corrected chi connectivity index (χ3v) is 6.27. The smallest absolute Gasteiger partial charge is 0.0471 e. The van der Waals surface area contributed by atoms with Gasteiger partial charge in [-0.05, 0) is 69.1 Å². The predicted molar refractivity (Wildman–Crippen MR) is 164 cm³/mol. The molecule has 2 aromatic rings.